The maximum Gasteiger partial charge on any atom is 0.253 e. The molecule has 0 aliphatic carbocycles. The van der Waals surface area contributed by atoms with E-state index in [0.717, 1.165) is 39.3 Å². The van der Waals surface area contributed by atoms with Crippen molar-refractivity contribution in [3.63, 3.8) is 0 Å². The van der Waals surface area contributed by atoms with Crippen LogP contribution in [0.1, 0.15) is 39.4 Å². The topological polar surface area (TPSA) is 107 Å². The van der Waals surface area contributed by atoms with E-state index in [1.165, 1.54) is 24.3 Å². The number of nitrogens with one attached hydrogen (secondary N) is 3. The molecule has 2 aromatic carbocycles. The summed E-state index contributed by atoms with van der Waals surface area (Å²) in [5.74, 6) is 0.939. The lowest BCUT2D eigenvalue weighted by atomic mass is 9.88. The first-order valence-electron chi connectivity index (χ1n) is 12.7. The van der Waals surface area contributed by atoms with Crippen LogP contribution in [0.3, 0.4) is 0 Å². The van der Waals surface area contributed by atoms with E-state index in [-0.39, 0.29) is 23.4 Å². The van der Waals surface area contributed by atoms with Gasteiger partial charge < -0.3 is 20.2 Å². The minimum absolute atomic E-state index is 0.0107. The highest BCUT2D eigenvalue weighted by atomic mass is 19.1. The van der Waals surface area contributed by atoms with Crippen LogP contribution >= 0.6 is 0 Å². The lowest BCUT2D eigenvalue weighted by Gasteiger charge is -2.31. The van der Waals surface area contributed by atoms with E-state index in [0.29, 0.717) is 42.7 Å². The van der Waals surface area contributed by atoms with Crippen LogP contribution < -0.4 is 5.32 Å². The standard InChI is InChI=1S/C29H27FN6O2/c1-16-32-26-22(15-25(31-2)35-28(26)33-16)24-13-19-3-4-20(14-23(19)34-24)29(38)36-11-9-18(10-12-36)27(37)17-5-7-21(30)8-6-17/h3-8,13-15,18,34H,9-12H2,1-2H3,(H2,31,32,33,35). The Bertz CT molecular complexity index is 1680. The Morgan fingerprint density at radius 2 is 1.71 bits per heavy atom. The molecule has 1 amide bonds. The predicted molar refractivity (Wildman–Crippen MR) is 145 cm³/mol. The van der Waals surface area contributed by atoms with Crippen molar-refractivity contribution in [2.75, 3.05) is 25.5 Å². The van der Waals surface area contributed by atoms with Crippen molar-refractivity contribution in [2.24, 2.45) is 5.92 Å². The van der Waals surface area contributed by atoms with Gasteiger partial charge in [0.1, 0.15) is 17.5 Å². The fraction of sp³-hybridized carbons (Fsp3) is 0.241. The summed E-state index contributed by atoms with van der Waals surface area (Å²) in [5.41, 5.74) is 5.31. The molecular formula is C29H27FN6O2. The number of aromatic nitrogens is 4. The molecule has 0 spiro atoms. The molecule has 6 rings (SSSR count). The number of hydrogen-bond donors (Lipinski definition) is 3. The Labute approximate surface area is 218 Å². The molecule has 0 radical (unpaired) electrons. The van der Waals surface area contributed by atoms with Gasteiger partial charge in [0.05, 0.1) is 5.52 Å². The fourth-order valence-electron chi connectivity index (χ4n) is 5.23. The van der Waals surface area contributed by atoms with Crippen LogP contribution in [-0.4, -0.2) is 56.7 Å². The first-order chi connectivity index (χ1) is 18.4. The molecule has 38 heavy (non-hydrogen) atoms. The van der Waals surface area contributed by atoms with Gasteiger partial charge in [-0.1, -0.05) is 6.07 Å². The summed E-state index contributed by atoms with van der Waals surface area (Å²) in [7, 11) is 1.82. The maximum atomic E-state index is 13.3. The van der Waals surface area contributed by atoms with Gasteiger partial charge in [-0.05, 0) is 68.3 Å². The number of halogens is 1. The average molecular weight is 511 g/mol. The minimum atomic E-state index is -0.360. The van der Waals surface area contributed by atoms with E-state index in [2.05, 4.69) is 31.3 Å². The average Bonchev–Trinajstić information content (AvgIpc) is 3.54. The summed E-state index contributed by atoms with van der Waals surface area (Å²) in [6, 6.07) is 15.4. The number of pyridine rings is 1. The minimum Gasteiger partial charge on any atom is -0.373 e. The van der Waals surface area contributed by atoms with Gasteiger partial charge in [0.25, 0.3) is 5.91 Å². The summed E-state index contributed by atoms with van der Waals surface area (Å²) in [5, 5.41) is 4.08. The number of aromatic amines is 2. The zero-order valence-corrected chi connectivity index (χ0v) is 21.1. The quantitative estimate of drug-likeness (QED) is 0.277. The van der Waals surface area contributed by atoms with E-state index in [4.69, 9.17) is 0 Å². The second kappa shape index (κ2) is 9.41. The van der Waals surface area contributed by atoms with Gasteiger partial charge in [-0.25, -0.2) is 14.4 Å². The van der Waals surface area contributed by atoms with Gasteiger partial charge in [-0.15, -0.1) is 0 Å². The molecule has 8 nitrogen and oxygen atoms in total. The molecular weight excluding hydrogens is 483 g/mol. The van der Waals surface area contributed by atoms with Gasteiger partial charge in [0, 0.05) is 59.3 Å². The number of hydrogen-bond acceptors (Lipinski definition) is 5. The number of benzene rings is 2. The number of piperidine rings is 1. The normalized spacial score (nSPS) is 14.3. The van der Waals surface area contributed by atoms with Crippen LogP contribution in [0.2, 0.25) is 0 Å². The molecule has 1 aliphatic rings. The third-order valence-corrected chi connectivity index (χ3v) is 7.28. The largest absolute Gasteiger partial charge is 0.373 e. The van der Waals surface area contributed by atoms with Gasteiger partial charge in [-0.2, -0.15) is 0 Å². The number of aryl methyl sites for hydroxylation is 1. The lowest BCUT2D eigenvalue weighted by molar-refractivity contribution is 0.0650. The Morgan fingerprint density at radius 3 is 2.45 bits per heavy atom. The molecule has 192 valence electrons. The molecule has 1 aliphatic heterocycles. The molecule has 1 saturated heterocycles. The molecule has 0 atom stereocenters. The Balaban J connectivity index is 1.21. The molecule has 5 aromatic rings. The lowest BCUT2D eigenvalue weighted by Crippen LogP contribution is -2.40. The molecule has 9 heteroatoms. The van der Waals surface area contributed by atoms with Crippen LogP contribution in [0.25, 0.3) is 33.3 Å². The number of nitrogens with zero attached hydrogens (tertiary/aromatic N) is 3. The first kappa shape index (κ1) is 23.8. The summed E-state index contributed by atoms with van der Waals surface area (Å²) < 4.78 is 13.2. The monoisotopic (exact) mass is 510 g/mol. The summed E-state index contributed by atoms with van der Waals surface area (Å²) in [6.07, 6.45) is 1.18. The zero-order valence-electron chi connectivity index (χ0n) is 21.1. The fourth-order valence-corrected chi connectivity index (χ4v) is 5.23. The SMILES string of the molecule is CNc1cc(-c2cc3ccc(C(=O)N4CCC(C(=O)c5ccc(F)cc5)CC4)cc3[nH]2)c2[nH]c(C)nc2n1. The predicted octanol–water partition coefficient (Wildman–Crippen LogP) is 5.33. The maximum absolute atomic E-state index is 13.3. The van der Waals surface area contributed by atoms with Crippen LogP contribution in [0.15, 0.2) is 54.6 Å². The smallest absolute Gasteiger partial charge is 0.253 e. The number of imidazole rings is 1. The molecule has 1 fully saturated rings. The third-order valence-electron chi connectivity index (χ3n) is 7.28. The van der Waals surface area contributed by atoms with Crippen LogP contribution in [0.5, 0.6) is 0 Å². The number of Topliss-reactive ketones (excluding diaryl/α,β-unsaturated/α-hetero) is 1. The van der Waals surface area contributed by atoms with Crippen molar-refractivity contribution in [3.05, 3.63) is 77.4 Å². The van der Waals surface area contributed by atoms with Crippen molar-refractivity contribution in [2.45, 2.75) is 19.8 Å². The van der Waals surface area contributed by atoms with Gasteiger partial charge in [0.15, 0.2) is 11.4 Å². The molecule has 0 bridgehead atoms. The third kappa shape index (κ3) is 4.30. The highest BCUT2D eigenvalue weighted by Gasteiger charge is 2.28. The van der Waals surface area contributed by atoms with Crippen molar-refractivity contribution in [1.29, 1.82) is 0 Å². The highest BCUT2D eigenvalue weighted by molar-refractivity contribution is 6.01. The van der Waals surface area contributed by atoms with E-state index in [1.807, 2.05) is 38.2 Å². The van der Waals surface area contributed by atoms with Gasteiger partial charge in [-0.3, -0.25) is 9.59 Å². The van der Waals surface area contributed by atoms with Crippen molar-refractivity contribution < 1.29 is 14.0 Å². The van der Waals surface area contributed by atoms with Gasteiger partial charge in [0.2, 0.25) is 0 Å². The number of likely N-dealkylation sites (tertiary alicyclic amines) is 1. The second-order valence-corrected chi connectivity index (χ2v) is 9.75. The molecule has 0 saturated carbocycles. The summed E-state index contributed by atoms with van der Waals surface area (Å²) in [6.45, 7) is 2.91. The van der Waals surface area contributed by atoms with Crippen LogP contribution in [0, 0.1) is 18.7 Å². The number of amides is 1. The van der Waals surface area contributed by atoms with E-state index < -0.39 is 0 Å². The van der Waals surface area contributed by atoms with Crippen LogP contribution in [0.4, 0.5) is 10.2 Å². The summed E-state index contributed by atoms with van der Waals surface area (Å²) in [4.78, 5) is 43.7. The van der Waals surface area contributed by atoms with E-state index in [1.54, 1.807) is 4.90 Å². The molecule has 3 N–H and O–H groups in total. The number of carbonyl (C=O) groups excluding carboxylic acids is 2. The number of ketones is 1. The highest BCUT2D eigenvalue weighted by Crippen LogP contribution is 2.32. The second-order valence-electron chi connectivity index (χ2n) is 9.75. The van der Waals surface area contributed by atoms with E-state index >= 15 is 0 Å². The van der Waals surface area contributed by atoms with Crippen LogP contribution in [-0.2, 0) is 0 Å². The first-order valence-corrected chi connectivity index (χ1v) is 12.7. The number of anilines is 1. The number of H-pyrrole nitrogens is 2. The Kier molecular flexibility index (Phi) is 5.90. The van der Waals surface area contributed by atoms with E-state index in [9.17, 15) is 14.0 Å². The van der Waals surface area contributed by atoms with Crippen molar-refractivity contribution in [1.82, 2.24) is 24.8 Å². The van der Waals surface area contributed by atoms with Crippen molar-refractivity contribution >= 4 is 39.6 Å². The Hall–Kier alpha value is -4.53. The number of fused-ring (bicyclic) bond motifs is 2. The molecule has 0 unspecified atom stereocenters. The molecule has 4 heterocycles. The summed E-state index contributed by atoms with van der Waals surface area (Å²) >= 11 is 0. The van der Waals surface area contributed by atoms with Crippen molar-refractivity contribution in [3.8, 4) is 11.3 Å². The Morgan fingerprint density at radius 1 is 0.974 bits per heavy atom. The number of rotatable bonds is 5. The zero-order chi connectivity index (χ0) is 26.4. The molecule has 3 aromatic heterocycles. The van der Waals surface area contributed by atoms with Gasteiger partial charge >= 0.3 is 0 Å². The number of carbonyl (C=O) groups is 2.